The van der Waals surface area contributed by atoms with Crippen molar-refractivity contribution in [1.82, 2.24) is 20.0 Å². The summed E-state index contributed by atoms with van der Waals surface area (Å²) in [6, 6.07) is 0. The molecule has 0 saturated heterocycles. The second kappa shape index (κ2) is 7.45. The van der Waals surface area contributed by atoms with Gasteiger partial charge in [0.1, 0.15) is 0 Å². The van der Waals surface area contributed by atoms with E-state index < -0.39 is 0 Å². The van der Waals surface area contributed by atoms with E-state index in [1.165, 1.54) is 12.0 Å². The third-order valence-electron chi connectivity index (χ3n) is 2.75. The molecule has 1 aromatic heterocycles. The molecule has 0 aromatic carbocycles. The van der Waals surface area contributed by atoms with E-state index >= 15 is 0 Å². The number of nitrogens with zero attached hydrogens (tertiary/aromatic N) is 3. The first-order chi connectivity index (χ1) is 8.11. The van der Waals surface area contributed by atoms with Crippen molar-refractivity contribution in [2.75, 3.05) is 26.7 Å². The minimum atomic E-state index is 0.684. The molecule has 0 fully saturated rings. The van der Waals surface area contributed by atoms with E-state index in [-0.39, 0.29) is 0 Å². The highest BCUT2D eigenvalue weighted by Crippen LogP contribution is 2.04. The molecule has 0 radical (unpaired) electrons. The Bertz CT molecular complexity index is 308. The van der Waals surface area contributed by atoms with Crippen LogP contribution in [0.4, 0.5) is 0 Å². The second-order valence-corrected chi connectivity index (χ2v) is 5.03. The third kappa shape index (κ3) is 5.84. The van der Waals surface area contributed by atoms with Crippen molar-refractivity contribution < 1.29 is 0 Å². The van der Waals surface area contributed by atoms with E-state index in [0.29, 0.717) is 5.92 Å². The molecule has 1 unspecified atom stereocenters. The summed E-state index contributed by atoms with van der Waals surface area (Å²) in [5.74, 6) is 0.684. The quantitative estimate of drug-likeness (QED) is 0.697. The summed E-state index contributed by atoms with van der Waals surface area (Å²) in [6.07, 6.45) is 5.23. The van der Waals surface area contributed by atoms with Crippen LogP contribution in [0.25, 0.3) is 0 Å². The molecule has 0 spiro atoms. The molecule has 0 saturated carbocycles. The first-order valence-corrected chi connectivity index (χ1v) is 6.48. The average molecular weight is 238 g/mol. The lowest BCUT2D eigenvalue weighted by molar-refractivity contribution is 0.274. The highest BCUT2D eigenvalue weighted by molar-refractivity contribution is 5.02. The van der Waals surface area contributed by atoms with Gasteiger partial charge < -0.3 is 10.2 Å². The van der Waals surface area contributed by atoms with Crippen LogP contribution in [0, 0.1) is 5.92 Å². The SMILES string of the molecule is CCCNCC(C)CN(C)Cc1cnn(C)c1. The maximum atomic E-state index is 4.19. The van der Waals surface area contributed by atoms with Crippen LogP contribution in [0.2, 0.25) is 0 Å². The van der Waals surface area contributed by atoms with Crippen LogP contribution in [0.5, 0.6) is 0 Å². The third-order valence-corrected chi connectivity index (χ3v) is 2.75. The minimum Gasteiger partial charge on any atom is -0.316 e. The van der Waals surface area contributed by atoms with Crippen LogP contribution >= 0.6 is 0 Å². The molecule has 0 aliphatic rings. The Morgan fingerprint density at radius 3 is 2.88 bits per heavy atom. The Hall–Kier alpha value is -0.870. The van der Waals surface area contributed by atoms with Gasteiger partial charge in [0.25, 0.3) is 0 Å². The Balaban J connectivity index is 2.21. The van der Waals surface area contributed by atoms with Crippen LogP contribution < -0.4 is 5.32 Å². The zero-order valence-corrected chi connectivity index (χ0v) is 11.6. The Labute approximate surface area is 105 Å². The van der Waals surface area contributed by atoms with Gasteiger partial charge in [-0.2, -0.15) is 5.10 Å². The van der Waals surface area contributed by atoms with Crippen LogP contribution in [0.1, 0.15) is 25.8 Å². The van der Waals surface area contributed by atoms with Gasteiger partial charge in [-0.3, -0.25) is 4.68 Å². The van der Waals surface area contributed by atoms with Gasteiger partial charge in [0.2, 0.25) is 0 Å². The molecule has 1 heterocycles. The summed E-state index contributed by atoms with van der Waals surface area (Å²) in [4.78, 5) is 2.36. The maximum absolute atomic E-state index is 4.19. The summed E-state index contributed by atoms with van der Waals surface area (Å²) in [5.41, 5.74) is 1.28. The molecule has 0 aliphatic carbocycles. The first kappa shape index (κ1) is 14.2. The van der Waals surface area contributed by atoms with Gasteiger partial charge >= 0.3 is 0 Å². The molecule has 0 aliphatic heterocycles. The number of aryl methyl sites for hydroxylation is 1. The smallest absolute Gasteiger partial charge is 0.0534 e. The van der Waals surface area contributed by atoms with Gasteiger partial charge in [0.15, 0.2) is 0 Å². The Morgan fingerprint density at radius 2 is 2.29 bits per heavy atom. The summed E-state index contributed by atoms with van der Waals surface area (Å²) < 4.78 is 1.86. The average Bonchev–Trinajstić information content (AvgIpc) is 2.64. The number of aromatic nitrogens is 2. The molecule has 0 bridgehead atoms. The molecule has 1 rings (SSSR count). The zero-order chi connectivity index (χ0) is 12.7. The Kier molecular flexibility index (Phi) is 6.22. The number of hydrogen-bond donors (Lipinski definition) is 1. The molecule has 98 valence electrons. The van der Waals surface area contributed by atoms with E-state index in [9.17, 15) is 0 Å². The normalized spacial score (nSPS) is 13.2. The predicted octanol–water partition coefficient (Wildman–Crippen LogP) is 1.49. The van der Waals surface area contributed by atoms with E-state index in [2.05, 4.69) is 42.4 Å². The fraction of sp³-hybridized carbons (Fsp3) is 0.769. The highest BCUT2D eigenvalue weighted by atomic mass is 15.2. The zero-order valence-electron chi connectivity index (χ0n) is 11.6. The molecular formula is C13H26N4. The van der Waals surface area contributed by atoms with Crippen LogP contribution in [-0.4, -0.2) is 41.4 Å². The standard InChI is InChI=1S/C13H26N4/c1-5-6-14-7-12(2)9-16(3)10-13-8-15-17(4)11-13/h8,11-12,14H,5-7,9-10H2,1-4H3. The molecule has 1 atom stereocenters. The van der Waals surface area contributed by atoms with E-state index in [4.69, 9.17) is 0 Å². The van der Waals surface area contributed by atoms with Gasteiger partial charge in [-0.15, -0.1) is 0 Å². The van der Waals surface area contributed by atoms with E-state index in [1.807, 2.05) is 17.9 Å². The first-order valence-electron chi connectivity index (χ1n) is 6.48. The summed E-state index contributed by atoms with van der Waals surface area (Å²) in [5, 5.41) is 7.65. The van der Waals surface area contributed by atoms with Gasteiger partial charge in [0.05, 0.1) is 6.20 Å². The fourth-order valence-corrected chi connectivity index (χ4v) is 2.05. The molecule has 0 amide bonds. The van der Waals surface area contributed by atoms with Crippen LogP contribution in [0.15, 0.2) is 12.4 Å². The van der Waals surface area contributed by atoms with Gasteiger partial charge in [-0.1, -0.05) is 13.8 Å². The van der Waals surface area contributed by atoms with Crippen LogP contribution in [0.3, 0.4) is 0 Å². The Morgan fingerprint density at radius 1 is 1.53 bits per heavy atom. The van der Waals surface area contributed by atoms with Gasteiger partial charge in [0, 0.05) is 31.9 Å². The minimum absolute atomic E-state index is 0.684. The topological polar surface area (TPSA) is 33.1 Å². The molecule has 17 heavy (non-hydrogen) atoms. The predicted molar refractivity (Wildman–Crippen MR) is 71.9 cm³/mol. The summed E-state index contributed by atoms with van der Waals surface area (Å²) in [7, 11) is 4.13. The van der Waals surface area contributed by atoms with Crippen molar-refractivity contribution in [2.45, 2.75) is 26.8 Å². The number of rotatable bonds is 8. The van der Waals surface area contributed by atoms with Crippen molar-refractivity contribution in [3.8, 4) is 0 Å². The maximum Gasteiger partial charge on any atom is 0.0534 e. The monoisotopic (exact) mass is 238 g/mol. The molecule has 1 aromatic rings. The lowest BCUT2D eigenvalue weighted by Crippen LogP contribution is -2.31. The van der Waals surface area contributed by atoms with Crippen molar-refractivity contribution in [3.63, 3.8) is 0 Å². The molecule has 4 heteroatoms. The van der Waals surface area contributed by atoms with Crippen LogP contribution in [-0.2, 0) is 13.6 Å². The number of nitrogens with one attached hydrogen (secondary N) is 1. The second-order valence-electron chi connectivity index (χ2n) is 5.03. The summed E-state index contributed by atoms with van der Waals surface area (Å²) in [6.45, 7) is 8.81. The number of hydrogen-bond acceptors (Lipinski definition) is 3. The van der Waals surface area contributed by atoms with Crippen molar-refractivity contribution in [2.24, 2.45) is 13.0 Å². The molecule has 4 nitrogen and oxygen atoms in total. The molecular weight excluding hydrogens is 212 g/mol. The van der Waals surface area contributed by atoms with Gasteiger partial charge in [-0.05, 0) is 32.5 Å². The van der Waals surface area contributed by atoms with Crippen molar-refractivity contribution in [1.29, 1.82) is 0 Å². The molecule has 1 N–H and O–H groups in total. The van der Waals surface area contributed by atoms with Gasteiger partial charge in [-0.25, -0.2) is 0 Å². The van der Waals surface area contributed by atoms with Crippen molar-refractivity contribution >= 4 is 0 Å². The lowest BCUT2D eigenvalue weighted by atomic mass is 10.1. The fourth-order valence-electron chi connectivity index (χ4n) is 2.05. The van der Waals surface area contributed by atoms with E-state index in [0.717, 1.165) is 26.2 Å². The van der Waals surface area contributed by atoms with E-state index in [1.54, 1.807) is 0 Å². The summed E-state index contributed by atoms with van der Waals surface area (Å²) >= 11 is 0. The largest absolute Gasteiger partial charge is 0.316 e. The highest BCUT2D eigenvalue weighted by Gasteiger charge is 2.07. The lowest BCUT2D eigenvalue weighted by Gasteiger charge is -2.21. The van der Waals surface area contributed by atoms with Crippen molar-refractivity contribution in [3.05, 3.63) is 18.0 Å².